The van der Waals surface area contributed by atoms with Crippen molar-refractivity contribution < 1.29 is 14.3 Å². The zero-order valence-corrected chi connectivity index (χ0v) is 12.9. The molecule has 0 fully saturated rings. The van der Waals surface area contributed by atoms with Gasteiger partial charge in [0.2, 0.25) is 5.91 Å². The average molecular weight is 292 g/mol. The number of nitrogens with one attached hydrogen (secondary N) is 1. The van der Waals surface area contributed by atoms with E-state index in [0.29, 0.717) is 24.5 Å². The highest BCUT2D eigenvalue weighted by Gasteiger charge is 2.23. The Balaban J connectivity index is 2.21. The Bertz CT molecular complexity index is 516. The standard InChI is InChI=1S/C16H24N2O3/c1-4-6-12(17)16(19)18-13-9-14-11(7-10(3)21-14)8-15(13)20-5-2/h8-10,12H,4-7,17H2,1-3H3,(H,18,19). The minimum absolute atomic E-state index is 0.155. The molecule has 0 saturated carbocycles. The molecule has 1 aliphatic rings. The molecule has 5 nitrogen and oxygen atoms in total. The van der Waals surface area contributed by atoms with E-state index in [0.717, 1.165) is 24.2 Å². The van der Waals surface area contributed by atoms with Gasteiger partial charge in [0.05, 0.1) is 18.3 Å². The number of ether oxygens (including phenoxy) is 2. The van der Waals surface area contributed by atoms with Gasteiger partial charge in [-0.05, 0) is 26.3 Å². The van der Waals surface area contributed by atoms with E-state index in [1.165, 1.54) is 0 Å². The molecule has 0 bridgehead atoms. The second-order valence-electron chi connectivity index (χ2n) is 5.41. The van der Waals surface area contributed by atoms with Crippen LogP contribution < -0.4 is 20.5 Å². The van der Waals surface area contributed by atoms with Crippen LogP contribution in [0.4, 0.5) is 5.69 Å². The van der Waals surface area contributed by atoms with E-state index in [1.54, 1.807) is 0 Å². The molecule has 1 aromatic rings. The molecule has 0 aliphatic carbocycles. The Labute approximate surface area is 125 Å². The molecule has 2 rings (SSSR count). The van der Waals surface area contributed by atoms with Gasteiger partial charge in [-0.25, -0.2) is 0 Å². The lowest BCUT2D eigenvalue weighted by Gasteiger charge is -2.16. The van der Waals surface area contributed by atoms with Gasteiger partial charge in [-0.2, -0.15) is 0 Å². The summed E-state index contributed by atoms with van der Waals surface area (Å²) in [6, 6.07) is 3.28. The highest BCUT2D eigenvalue weighted by molar-refractivity contribution is 5.96. The first-order valence-corrected chi connectivity index (χ1v) is 7.58. The number of carbonyl (C=O) groups is 1. The van der Waals surface area contributed by atoms with Crippen molar-refractivity contribution in [2.45, 2.75) is 52.2 Å². The fraction of sp³-hybridized carbons (Fsp3) is 0.562. The summed E-state index contributed by atoms with van der Waals surface area (Å²) in [7, 11) is 0. The minimum atomic E-state index is -0.502. The van der Waals surface area contributed by atoms with E-state index in [4.69, 9.17) is 15.2 Å². The topological polar surface area (TPSA) is 73.6 Å². The number of carbonyl (C=O) groups excluding carboxylic acids is 1. The molecule has 1 aromatic carbocycles. The normalized spacial score (nSPS) is 17.8. The third-order valence-corrected chi connectivity index (χ3v) is 3.49. The lowest BCUT2D eigenvalue weighted by molar-refractivity contribution is -0.117. The summed E-state index contributed by atoms with van der Waals surface area (Å²) in [5.41, 5.74) is 7.59. The number of fused-ring (bicyclic) bond motifs is 1. The number of amides is 1. The van der Waals surface area contributed by atoms with Gasteiger partial charge in [0.1, 0.15) is 17.6 Å². The highest BCUT2D eigenvalue weighted by Crippen LogP contribution is 2.38. The maximum absolute atomic E-state index is 12.1. The summed E-state index contributed by atoms with van der Waals surface area (Å²) in [6.07, 6.45) is 2.55. The highest BCUT2D eigenvalue weighted by atomic mass is 16.5. The third-order valence-electron chi connectivity index (χ3n) is 3.49. The molecule has 3 N–H and O–H groups in total. The average Bonchev–Trinajstić information content (AvgIpc) is 2.78. The van der Waals surface area contributed by atoms with Crippen LogP contribution in [-0.2, 0) is 11.2 Å². The van der Waals surface area contributed by atoms with Crippen LogP contribution in [0.1, 0.15) is 39.2 Å². The summed E-state index contributed by atoms with van der Waals surface area (Å²) in [6.45, 7) is 6.49. The van der Waals surface area contributed by atoms with Crippen LogP contribution in [-0.4, -0.2) is 24.7 Å². The first-order valence-electron chi connectivity index (χ1n) is 7.58. The molecule has 0 saturated heterocycles. The van der Waals surface area contributed by atoms with Gasteiger partial charge in [-0.1, -0.05) is 13.3 Å². The van der Waals surface area contributed by atoms with E-state index in [2.05, 4.69) is 5.32 Å². The maximum atomic E-state index is 12.1. The van der Waals surface area contributed by atoms with Gasteiger partial charge in [-0.15, -0.1) is 0 Å². The lowest BCUT2D eigenvalue weighted by atomic mass is 10.1. The van der Waals surface area contributed by atoms with Crippen molar-refractivity contribution in [3.05, 3.63) is 17.7 Å². The van der Waals surface area contributed by atoms with Crippen LogP contribution in [0.5, 0.6) is 11.5 Å². The number of nitrogens with two attached hydrogens (primary N) is 1. The van der Waals surface area contributed by atoms with E-state index in [9.17, 15) is 4.79 Å². The van der Waals surface area contributed by atoms with E-state index >= 15 is 0 Å². The van der Waals surface area contributed by atoms with Crippen molar-refractivity contribution in [3.8, 4) is 11.5 Å². The zero-order valence-electron chi connectivity index (χ0n) is 12.9. The Morgan fingerprint density at radius 1 is 1.52 bits per heavy atom. The molecule has 1 heterocycles. The van der Waals surface area contributed by atoms with Gasteiger partial charge in [0, 0.05) is 18.1 Å². The van der Waals surface area contributed by atoms with Crippen molar-refractivity contribution in [3.63, 3.8) is 0 Å². The number of benzene rings is 1. The third kappa shape index (κ3) is 3.67. The van der Waals surface area contributed by atoms with Crippen LogP contribution in [0.25, 0.3) is 0 Å². The molecule has 1 amide bonds. The molecular formula is C16H24N2O3. The molecular weight excluding hydrogens is 268 g/mol. The van der Waals surface area contributed by atoms with Crippen LogP contribution in [0.15, 0.2) is 12.1 Å². The van der Waals surface area contributed by atoms with E-state index < -0.39 is 6.04 Å². The molecule has 21 heavy (non-hydrogen) atoms. The summed E-state index contributed by atoms with van der Waals surface area (Å²) in [5, 5.41) is 2.86. The van der Waals surface area contributed by atoms with Gasteiger partial charge in [-0.3, -0.25) is 4.79 Å². The van der Waals surface area contributed by atoms with Crippen LogP contribution >= 0.6 is 0 Å². The number of hydrogen-bond acceptors (Lipinski definition) is 4. The van der Waals surface area contributed by atoms with Gasteiger partial charge in [0.15, 0.2) is 0 Å². The quantitative estimate of drug-likeness (QED) is 0.844. The SMILES string of the molecule is CCCC(N)C(=O)Nc1cc2c(cc1OCC)CC(C)O2. The predicted molar refractivity (Wildman–Crippen MR) is 82.9 cm³/mol. The molecule has 2 atom stereocenters. The summed E-state index contributed by atoms with van der Waals surface area (Å²) in [4.78, 5) is 12.1. The van der Waals surface area contributed by atoms with Crippen LogP contribution in [0.3, 0.4) is 0 Å². The van der Waals surface area contributed by atoms with Crippen molar-refractivity contribution in [1.29, 1.82) is 0 Å². The maximum Gasteiger partial charge on any atom is 0.241 e. The zero-order chi connectivity index (χ0) is 15.4. The van der Waals surface area contributed by atoms with E-state index in [1.807, 2.05) is 32.9 Å². The molecule has 5 heteroatoms. The summed E-state index contributed by atoms with van der Waals surface area (Å²) >= 11 is 0. The molecule has 116 valence electrons. The summed E-state index contributed by atoms with van der Waals surface area (Å²) < 4.78 is 11.4. The molecule has 0 radical (unpaired) electrons. The fourth-order valence-electron chi connectivity index (χ4n) is 2.48. The largest absolute Gasteiger partial charge is 0.492 e. The van der Waals surface area contributed by atoms with Gasteiger partial charge < -0.3 is 20.5 Å². The van der Waals surface area contributed by atoms with Crippen molar-refractivity contribution >= 4 is 11.6 Å². The lowest BCUT2D eigenvalue weighted by Crippen LogP contribution is -2.35. The predicted octanol–water partition coefficient (Wildman–Crippen LogP) is 2.47. The van der Waals surface area contributed by atoms with Crippen molar-refractivity contribution in [1.82, 2.24) is 0 Å². The molecule has 0 spiro atoms. The van der Waals surface area contributed by atoms with Crippen molar-refractivity contribution in [2.75, 3.05) is 11.9 Å². The Kier molecular flexibility index (Phi) is 5.07. The van der Waals surface area contributed by atoms with Crippen molar-refractivity contribution in [2.24, 2.45) is 5.73 Å². The molecule has 1 aliphatic heterocycles. The summed E-state index contributed by atoms with van der Waals surface area (Å²) in [5.74, 6) is 1.29. The number of hydrogen-bond donors (Lipinski definition) is 2. The first kappa shape index (κ1) is 15.6. The Morgan fingerprint density at radius 3 is 2.95 bits per heavy atom. The van der Waals surface area contributed by atoms with Gasteiger partial charge >= 0.3 is 0 Å². The van der Waals surface area contributed by atoms with Crippen LogP contribution in [0.2, 0.25) is 0 Å². The van der Waals surface area contributed by atoms with Gasteiger partial charge in [0.25, 0.3) is 0 Å². The number of anilines is 1. The first-order chi connectivity index (χ1) is 10.0. The van der Waals surface area contributed by atoms with Crippen LogP contribution in [0, 0.1) is 0 Å². The second-order valence-corrected chi connectivity index (χ2v) is 5.41. The van der Waals surface area contributed by atoms with E-state index in [-0.39, 0.29) is 12.0 Å². The smallest absolute Gasteiger partial charge is 0.241 e. The Hall–Kier alpha value is -1.75. The molecule has 0 aromatic heterocycles. The second kappa shape index (κ2) is 6.80. The minimum Gasteiger partial charge on any atom is -0.492 e. The monoisotopic (exact) mass is 292 g/mol. The molecule has 2 unspecified atom stereocenters. The fourth-order valence-corrected chi connectivity index (χ4v) is 2.48. The number of rotatable bonds is 6. The Morgan fingerprint density at radius 2 is 2.29 bits per heavy atom.